The van der Waals surface area contributed by atoms with E-state index in [-0.39, 0.29) is 40.6 Å². The molecule has 0 fully saturated rings. The first kappa shape index (κ1) is 19.0. The maximum Gasteiger partial charge on any atom is 1.00 e. The summed E-state index contributed by atoms with van der Waals surface area (Å²) >= 11 is -5.55. The molecular formula is C2H8Li2N2O4S2-2. The summed E-state index contributed by atoms with van der Waals surface area (Å²) in [5.41, 5.74) is 9.66. The third-order valence-corrected chi connectivity index (χ3v) is 3.02. The molecule has 0 aliphatic rings. The summed E-state index contributed by atoms with van der Waals surface area (Å²) in [5, 5.41) is 0. The standard InChI is InChI=1S/C2H8N2O4S2.2Li.2H/c3-1(4)2(9(5)6)10(7)8;;;;/h1-2H,3-4H2,(H,5,6)(H,7,8);;;;/q;2*+1;2*-1/p-2. The summed E-state index contributed by atoms with van der Waals surface area (Å²) in [4.78, 5) is 0. The minimum absolute atomic E-state index is 0. The van der Waals surface area contributed by atoms with Crippen molar-refractivity contribution in [2.75, 3.05) is 0 Å². The van der Waals surface area contributed by atoms with Crippen LogP contribution in [0.15, 0.2) is 0 Å². The van der Waals surface area contributed by atoms with Crippen LogP contribution in [0.1, 0.15) is 2.85 Å². The molecule has 0 amide bonds. The molecule has 6 nitrogen and oxygen atoms in total. The summed E-state index contributed by atoms with van der Waals surface area (Å²) in [7, 11) is 0. The van der Waals surface area contributed by atoms with Gasteiger partial charge in [-0.3, -0.25) is 8.42 Å². The molecule has 12 heavy (non-hydrogen) atoms. The van der Waals surface area contributed by atoms with Gasteiger partial charge >= 0.3 is 37.7 Å². The van der Waals surface area contributed by atoms with Gasteiger partial charge < -0.3 is 23.4 Å². The molecule has 0 rings (SSSR count). The van der Waals surface area contributed by atoms with Crippen LogP contribution in [0.4, 0.5) is 0 Å². The number of hydrogen-bond acceptors (Lipinski definition) is 6. The zero-order valence-corrected chi connectivity index (χ0v) is 8.39. The third kappa shape index (κ3) is 6.81. The maximum atomic E-state index is 10.0. The Kier molecular flexibility index (Phi) is 14.1. The van der Waals surface area contributed by atoms with Gasteiger partial charge in [-0.15, -0.1) is 0 Å². The Morgan fingerprint density at radius 3 is 1.33 bits per heavy atom. The van der Waals surface area contributed by atoms with Crippen LogP contribution in [-0.2, 0) is 22.2 Å². The first-order valence-corrected chi connectivity index (χ1v) is 4.41. The molecule has 0 aromatic carbocycles. The predicted molar refractivity (Wildman–Crippen MR) is 36.0 cm³/mol. The van der Waals surface area contributed by atoms with Gasteiger partial charge in [0, 0.05) is 0 Å². The Bertz CT molecular complexity index is 161. The third-order valence-electron chi connectivity index (χ3n) is 0.694. The summed E-state index contributed by atoms with van der Waals surface area (Å²) in [5.74, 6) is 0. The van der Waals surface area contributed by atoms with E-state index in [1.165, 1.54) is 0 Å². The van der Waals surface area contributed by atoms with Gasteiger partial charge in [-0.2, -0.15) is 0 Å². The van der Waals surface area contributed by atoms with Gasteiger partial charge in [0.25, 0.3) is 0 Å². The van der Waals surface area contributed by atoms with Gasteiger partial charge in [0.05, 0.1) is 6.17 Å². The van der Waals surface area contributed by atoms with Crippen molar-refractivity contribution < 1.29 is 58.1 Å². The topological polar surface area (TPSA) is 132 Å². The molecule has 0 spiro atoms. The van der Waals surface area contributed by atoms with E-state index in [1.807, 2.05) is 0 Å². The van der Waals surface area contributed by atoms with E-state index in [2.05, 4.69) is 0 Å². The van der Waals surface area contributed by atoms with Crippen LogP contribution in [-0.4, -0.2) is 28.3 Å². The average Bonchev–Trinajstić information content (AvgIpc) is 1.59. The van der Waals surface area contributed by atoms with Gasteiger partial charge in [0.15, 0.2) is 0 Å². The molecule has 0 radical (unpaired) electrons. The Hall–Kier alpha value is 1.33. The zero-order valence-electron chi connectivity index (χ0n) is 8.76. The molecule has 10 heteroatoms. The average molecular weight is 202 g/mol. The summed E-state index contributed by atoms with van der Waals surface area (Å²) in [6.07, 6.45) is -1.39. The number of hydrogen-bond donors (Lipinski definition) is 2. The molecule has 0 aliphatic carbocycles. The van der Waals surface area contributed by atoms with E-state index in [1.54, 1.807) is 0 Å². The van der Waals surface area contributed by atoms with Gasteiger partial charge in [0.1, 0.15) is 4.58 Å². The molecule has 0 aromatic rings. The van der Waals surface area contributed by atoms with Crippen molar-refractivity contribution in [3.63, 3.8) is 0 Å². The molecular weight excluding hydrogens is 194 g/mol. The molecule has 66 valence electrons. The Morgan fingerprint density at radius 2 is 1.33 bits per heavy atom. The molecule has 0 aromatic heterocycles. The van der Waals surface area contributed by atoms with Crippen LogP contribution >= 0.6 is 0 Å². The van der Waals surface area contributed by atoms with E-state index in [0.717, 1.165) is 0 Å². The fourth-order valence-corrected chi connectivity index (χ4v) is 1.35. The number of nitrogens with two attached hydrogens (primary N) is 2. The second kappa shape index (κ2) is 8.91. The predicted octanol–water partition coefficient (Wildman–Crippen LogP) is -8.45. The molecule has 0 saturated carbocycles. The first-order valence-electron chi connectivity index (χ1n) is 2.14. The summed E-state index contributed by atoms with van der Waals surface area (Å²) in [6, 6.07) is 0. The SMILES string of the molecule is NC(N)C(S(=O)[O-])S(=O)[O-].[H-].[H-].[Li+].[Li+]. The van der Waals surface area contributed by atoms with Gasteiger partial charge in [-0.25, -0.2) is 0 Å². The van der Waals surface area contributed by atoms with E-state index < -0.39 is 32.9 Å². The summed E-state index contributed by atoms with van der Waals surface area (Å²) in [6.45, 7) is 0. The molecule has 2 unspecified atom stereocenters. The maximum absolute atomic E-state index is 10.0. The smallest absolute Gasteiger partial charge is 1.00 e. The Labute approximate surface area is 102 Å². The van der Waals surface area contributed by atoms with Crippen molar-refractivity contribution >= 4 is 22.2 Å². The fraction of sp³-hybridized carbons (Fsp3) is 1.00. The second-order valence-corrected chi connectivity index (χ2v) is 3.82. The van der Waals surface area contributed by atoms with Crippen molar-refractivity contribution in [1.29, 1.82) is 0 Å². The first-order chi connectivity index (χ1) is 4.46. The monoisotopic (exact) mass is 202 g/mol. The normalized spacial score (nSPS) is 17.1. The Balaban J connectivity index is -0.0000000675. The molecule has 0 aliphatic heterocycles. The molecule has 0 heterocycles. The van der Waals surface area contributed by atoms with Crippen molar-refractivity contribution in [2.24, 2.45) is 11.5 Å². The molecule has 2 atom stereocenters. The molecule has 0 bridgehead atoms. The van der Waals surface area contributed by atoms with Crippen LogP contribution in [0.25, 0.3) is 0 Å². The molecule has 4 N–H and O–H groups in total. The summed E-state index contributed by atoms with van der Waals surface area (Å²) < 4.78 is 38.4. The van der Waals surface area contributed by atoms with Crippen LogP contribution in [0, 0.1) is 0 Å². The van der Waals surface area contributed by atoms with Crippen molar-refractivity contribution in [3.05, 3.63) is 0 Å². The minimum atomic E-state index is -2.78. The van der Waals surface area contributed by atoms with Crippen molar-refractivity contribution in [3.8, 4) is 0 Å². The van der Waals surface area contributed by atoms with Crippen molar-refractivity contribution in [2.45, 2.75) is 10.7 Å². The fourth-order valence-electron chi connectivity index (χ4n) is 0.321. The van der Waals surface area contributed by atoms with Crippen molar-refractivity contribution in [1.82, 2.24) is 0 Å². The van der Waals surface area contributed by atoms with Gasteiger partial charge in [0.2, 0.25) is 0 Å². The van der Waals surface area contributed by atoms with E-state index in [4.69, 9.17) is 11.5 Å². The van der Waals surface area contributed by atoms with Crippen LogP contribution in [0.3, 0.4) is 0 Å². The minimum Gasteiger partial charge on any atom is -1.00 e. The number of rotatable bonds is 3. The quantitative estimate of drug-likeness (QED) is 0.265. The van der Waals surface area contributed by atoms with Gasteiger partial charge in [-0.05, 0) is 22.2 Å². The van der Waals surface area contributed by atoms with Crippen LogP contribution < -0.4 is 49.2 Å². The zero-order chi connectivity index (χ0) is 8.31. The van der Waals surface area contributed by atoms with Crippen LogP contribution in [0.5, 0.6) is 0 Å². The van der Waals surface area contributed by atoms with Gasteiger partial charge in [-0.1, -0.05) is 0 Å². The second-order valence-electron chi connectivity index (χ2n) is 1.47. The van der Waals surface area contributed by atoms with E-state index in [0.29, 0.717) is 0 Å². The molecule has 0 saturated heterocycles. The van der Waals surface area contributed by atoms with E-state index >= 15 is 0 Å². The van der Waals surface area contributed by atoms with Crippen LogP contribution in [0.2, 0.25) is 0 Å². The Morgan fingerprint density at radius 1 is 1.08 bits per heavy atom. The largest absolute Gasteiger partial charge is 1.00 e. The van der Waals surface area contributed by atoms with E-state index in [9.17, 15) is 17.5 Å².